The monoisotopic (exact) mass is 665 g/mol. The van der Waals surface area contributed by atoms with Crippen LogP contribution in [0.25, 0.3) is 6.08 Å². The lowest BCUT2D eigenvalue weighted by molar-refractivity contribution is -0.129. The fourth-order valence-corrected chi connectivity index (χ4v) is 4.34. The Morgan fingerprint density at radius 3 is 2.42 bits per heavy atom. The second-order valence-corrected chi connectivity index (χ2v) is 9.79. The van der Waals surface area contributed by atoms with Gasteiger partial charge in [-0.1, -0.05) is 29.8 Å². The zero-order chi connectivity index (χ0) is 23.4. The smallest absolute Gasteiger partial charge is 0.363 e. The van der Waals surface area contributed by atoms with Gasteiger partial charge < -0.3 is 14.2 Å². The van der Waals surface area contributed by atoms with E-state index in [-0.39, 0.29) is 5.70 Å². The molecule has 0 N–H and O–H groups in total. The Labute approximate surface area is 220 Å². The summed E-state index contributed by atoms with van der Waals surface area (Å²) >= 11 is 4.50. The molecule has 1 aliphatic heterocycles. The molecule has 0 amide bonds. The second kappa shape index (κ2) is 10.7. The number of carbonyl (C=O) groups excluding carboxylic acids is 1. The number of benzene rings is 3. The van der Waals surface area contributed by atoms with Gasteiger partial charge in [-0.2, -0.15) is 0 Å². The summed E-state index contributed by atoms with van der Waals surface area (Å²) in [5.74, 6) is 1.13. The molecule has 0 aromatic heterocycles. The van der Waals surface area contributed by atoms with Crippen molar-refractivity contribution in [2.24, 2.45) is 4.99 Å². The van der Waals surface area contributed by atoms with Gasteiger partial charge in [0.05, 0.1) is 10.2 Å². The van der Waals surface area contributed by atoms with Crippen molar-refractivity contribution in [1.29, 1.82) is 0 Å². The summed E-state index contributed by atoms with van der Waals surface area (Å²) in [7, 11) is 0. The van der Waals surface area contributed by atoms with Crippen molar-refractivity contribution in [3.05, 3.63) is 95.8 Å². The molecular formula is C26H21I2NO4. The van der Waals surface area contributed by atoms with Gasteiger partial charge in [0.2, 0.25) is 5.90 Å². The molecule has 4 rings (SSSR count). The number of esters is 1. The maximum Gasteiger partial charge on any atom is 0.363 e. The minimum absolute atomic E-state index is 0.247. The average Bonchev–Trinajstić information content (AvgIpc) is 3.15. The fourth-order valence-electron chi connectivity index (χ4n) is 3.20. The summed E-state index contributed by atoms with van der Waals surface area (Å²) in [6.45, 7) is 4.86. The summed E-state index contributed by atoms with van der Waals surface area (Å²) in [6, 6.07) is 19.7. The highest BCUT2D eigenvalue weighted by Gasteiger charge is 2.24. The van der Waals surface area contributed by atoms with Crippen molar-refractivity contribution in [3.8, 4) is 11.5 Å². The number of rotatable bonds is 7. The van der Waals surface area contributed by atoms with Gasteiger partial charge in [-0.05, 0) is 113 Å². The van der Waals surface area contributed by atoms with Crippen LogP contribution in [0.2, 0.25) is 0 Å². The third kappa shape index (κ3) is 5.94. The van der Waals surface area contributed by atoms with Gasteiger partial charge in [0, 0.05) is 9.13 Å². The van der Waals surface area contributed by atoms with Crippen molar-refractivity contribution < 1.29 is 19.0 Å². The van der Waals surface area contributed by atoms with Crippen LogP contribution in [0, 0.1) is 14.1 Å². The summed E-state index contributed by atoms with van der Waals surface area (Å²) in [4.78, 5) is 16.8. The Hall–Kier alpha value is -2.40. The lowest BCUT2D eigenvalue weighted by Gasteiger charge is -2.15. The summed E-state index contributed by atoms with van der Waals surface area (Å²) in [5, 5.41) is 0. The van der Waals surface area contributed by atoms with E-state index in [0.717, 1.165) is 25.8 Å². The van der Waals surface area contributed by atoms with E-state index >= 15 is 0 Å². The van der Waals surface area contributed by atoms with Crippen molar-refractivity contribution in [2.45, 2.75) is 20.5 Å². The minimum Gasteiger partial charge on any atom is -0.490 e. The predicted molar refractivity (Wildman–Crippen MR) is 146 cm³/mol. The molecule has 3 aromatic rings. The first kappa shape index (κ1) is 23.7. The highest BCUT2D eigenvalue weighted by molar-refractivity contribution is 14.1. The largest absolute Gasteiger partial charge is 0.490 e. The standard InChI is InChI=1S/C26H21I2NO4/c1-3-31-23-14-18(12-21(28)24(23)32-15-17-6-10-20(27)11-7-17)13-22-26(30)33-25(29-22)19-8-4-16(2)5-9-19/h4-14H,3,15H2,1-2H3/b22-13-. The number of ether oxygens (including phenoxy) is 3. The summed E-state index contributed by atoms with van der Waals surface area (Å²) in [5.41, 5.74) is 4.00. The van der Waals surface area contributed by atoms with Crippen LogP contribution in [-0.4, -0.2) is 18.5 Å². The molecule has 0 unspecified atom stereocenters. The van der Waals surface area contributed by atoms with Gasteiger partial charge in [-0.3, -0.25) is 0 Å². The molecule has 0 bridgehead atoms. The number of carbonyl (C=O) groups is 1. The Morgan fingerprint density at radius 2 is 1.73 bits per heavy atom. The highest BCUT2D eigenvalue weighted by Crippen LogP contribution is 2.36. The first-order valence-corrected chi connectivity index (χ1v) is 12.5. The lowest BCUT2D eigenvalue weighted by atomic mass is 10.1. The van der Waals surface area contributed by atoms with E-state index in [9.17, 15) is 4.79 Å². The average molecular weight is 665 g/mol. The predicted octanol–water partition coefficient (Wildman–Crippen LogP) is 6.53. The molecule has 168 valence electrons. The fraction of sp³-hybridized carbons (Fsp3) is 0.154. The molecule has 0 saturated carbocycles. The Morgan fingerprint density at radius 1 is 1.00 bits per heavy atom. The van der Waals surface area contributed by atoms with Crippen LogP contribution >= 0.6 is 45.2 Å². The number of halogens is 2. The highest BCUT2D eigenvalue weighted by atomic mass is 127. The Kier molecular flexibility index (Phi) is 7.69. The van der Waals surface area contributed by atoms with Crippen molar-refractivity contribution in [3.63, 3.8) is 0 Å². The molecule has 3 aromatic carbocycles. The van der Waals surface area contributed by atoms with E-state index in [1.807, 2.05) is 62.4 Å². The van der Waals surface area contributed by atoms with Gasteiger partial charge in [0.15, 0.2) is 17.2 Å². The zero-order valence-corrected chi connectivity index (χ0v) is 22.4. The van der Waals surface area contributed by atoms with Crippen LogP contribution in [0.1, 0.15) is 29.2 Å². The van der Waals surface area contributed by atoms with Crippen LogP contribution in [0.15, 0.2) is 71.4 Å². The molecule has 0 aliphatic carbocycles. The topological polar surface area (TPSA) is 57.1 Å². The molecule has 0 radical (unpaired) electrons. The molecule has 33 heavy (non-hydrogen) atoms. The third-order valence-corrected chi connectivity index (χ3v) is 6.37. The van der Waals surface area contributed by atoms with Crippen LogP contribution in [0.5, 0.6) is 11.5 Å². The molecule has 0 fully saturated rings. The summed E-state index contributed by atoms with van der Waals surface area (Å²) < 4.78 is 19.4. The van der Waals surface area contributed by atoms with Gasteiger partial charge in [0.25, 0.3) is 0 Å². The van der Waals surface area contributed by atoms with Crippen molar-refractivity contribution >= 4 is 63.1 Å². The molecule has 1 aliphatic rings. The van der Waals surface area contributed by atoms with Crippen LogP contribution in [-0.2, 0) is 16.1 Å². The SMILES string of the molecule is CCOc1cc(/C=C2\N=C(c3ccc(C)cc3)OC2=O)cc(I)c1OCc1ccc(I)cc1. The van der Waals surface area contributed by atoms with Crippen LogP contribution in [0.4, 0.5) is 0 Å². The number of aryl methyl sites for hydroxylation is 1. The first-order valence-electron chi connectivity index (χ1n) is 10.4. The van der Waals surface area contributed by atoms with Gasteiger partial charge >= 0.3 is 5.97 Å². The number of cyclic esters (lactones) is 1. The van der Waals surface area contributed by atoms with E-state index in [0.29, 0.717) is 30.6 Å². The van der Waals surface area contributed by atoms with Gasteiger partial charge in [-0.25, -0.2) is 9.79 Å². The molecule has 1 heterocycles. The van der Waals surface area contributed by atoms with Crippen LogP contribution < -0.4 is 9.47 Å². The number of hydrogen-bond donors (Lipinski definition) is 0. The normalized spacial score (nSPS) is 14.2. The van der Waals surface area contributed by atoms with Gasteiger partial charge in [-0.15, -0.1) is 0 Å². The molecule has 0 spiro atoms. The van der Waals surface area contributed by atoms with E-state index < -0.39 is 5.97 Å². The van der Waals surface area contributed by atoms with Crippen molar-refractivity contribution in [1.82, 2.24) is 0 Å². The van der Waals surface area contributed by atoms with Crippen molar-refractivity contribution in [2.75, 3.05) is 6.61 Å². The van der Waals surface area contributed by atoms with E-state index in [1.165, 1.54) is 3.57 Å². The maximum absolute atomic E-state index is 12.4. The molecule has 0 saturated heterocycles. The zero-order valence-electron chi connectivity index (χ0n) is 18.1. The molecule has 0 atom stereocenters. The Bertz CT molecular complexity index is 1230. The number of aliphatic imine (C=N–C) groups is 1. The summed E-state index contributed by atoms with van der Waals surface area (Å²) in [6.07, 6.45) is 1.71. The first-order chi connectivity index (χ1) is 15.9. The van der Waals surface area contributed by atoms with Crippen LogP contribution in [0.3, 0.4) is 0 Å². The molecule has 7 heteroatoms. The molecular weight excluding hydrogens is 644 g/mol. The van der Waals surface area contributed by atoms with E-state index in [1.54, 1.807) is 6.08 Å². The number of hydrogen-bond acceptors (Lipinski definition) is 5. The second-order valence-electron chi connectivity index (χ2n) is 7.38. The lowest BCUT2D eigenvalue weighted by Crippen LogP contribution is -2.05. The Balaban J connectivity index is 1.60. The number of nitrogens with zero attached hydrogens (tertiary/aromatic N) is 1. The quantitative estimate of drug-likeness (QED) is 0.164. The van der Waals surface area contributed by atoms with E-state index in [4.69, 9.17) is 14.2 Å². The minimum atomic E-state index is -0.474. The maximum atomic E-state index is 12.4. The van der Waals surface area contributed by atoms with E-state index in [2.05, 4.69) is 62.3 Å². The molecule has 5 nitrogen and oxygen atoms in total. The third-order valence-electron chi connectivity index (χ3n) is 4.85. The van der Waals surface area contributed by atoms with Gasteiger partial charge in [0.1, 0.15) is 6.61 Å².